The number of hydrogen-bond donors (Lipinski definition) is 3. The summed E-state index contributed by atoms with van der Waals surface area (Å²) in [4.78, 5) is 25.5. The van der Waals surface area contributed by atoms with E-state index in [0.29, 0.717) is 12.0 Å². The Morgan fingerprint density at radius 1 is 1.58 bits per heavy atom. The molecule has 0 amide bonds. The van der Waals surface area contributed by atoms with Crippen LogP contribution in [0.5, 0.6) is 0 Å². The molecule has 0 saturated carbocycles. The Balaban J connectivity index is 2.33. The maximum Gasteiger partial charge on any atom is 0.330 e. The van der Waals surface area contributed by atoms with Crippen molar-refractivity contribution in [2.45, 2.75) is 31.3 Å². The fraction of sp³-hybridized carbons (Fsp3) is 0.636. The van der Waals surface area contributed by atoms with E-state index in [9.17, 15) is 14.7 Å². The molecule has 1 aromatic rings. The van der Waals surface area contributed by atoms with Crippen LogP contribution < -0.4 is 17.0 Å². The number of aryl methyl sites for hydroxylation is 1. The molecule has 0 bridgehead atoms. The third-order valence-electron chi connectivity index (χ3n) is 3.15. The highest BCUT2D eigenvalue weighted by Crippen LogP contribution is 2.26. The first kappa shape index (κ1) is 14.3. The Labute approximate surface area is 114 Å². The molecule has 3 atom stereocenters. The Kier molecular flexibility index (Phi) is 4.41. The molecular weight excluding hydrogens is 274 g/mol. The quantitative estimate of drug-likeness (QED) is 0.611. The third kappa shape index (κ3) is 2.89. The molecule has 8 heteroatoms. The summed E-state index contributed by atoms with van der Waals surface area (Å²) in [6.07, 6.45) is 0.202. The molecule has 0 unspecified atom stereocenters. The lowest BCUT2D eigenvalue weighted by Gasteiger charge is -2.15. The molecule has 7 nitrogen and oxygen atoms in total. The van der Waals surface area contributed by atoms with Crippen molar-refractivity contribution >= 4 is 11.6 Å². The van der Waals surface area contributed by atoms with E-state index in [4.69, 9.17) is 22.1 Å². The number of ether oxygens (including phenoxy) is 1. The van der Waals surface area contributed by atoms with E-state index in [1.54, 1.807) is 0 Å². The van der Waals surface area contributed by atoms with Crippen molar-refractivity contribution in [3.05, 3.63) is 32.6 Å². The number of H-pyrrole nitrogens is 1. The van der Waals surface area contributed by atoms with Crippen molar-refractivity contribution in [2.75, 3.05) is 12.4 Å². The van der Waals surface area contributed by atoms with E-state index >= 15 is 0 Å². The number of aromatic nitrogens is 2. The van der Waals surface area contributed by atoms with Crippen molar-refractivity contribution in [2.24, 2.45) is 5.73 Å². The summed E-state index contributed by atoms with van der Waals surface area (Å²) in [5.74, 6) is 0.279. The number of nitrogens with zero attached hydrogens (tertiary/aromatic N) is 1. The second-order valence-electron chi connectivity index (χ2n) is 4.43. The van der Waals surface area contributed by atoms with Gasteiger partial charge in [-0.25, -0.2) is 4.79 Å². The Bertz CT molecular complexity index is 556. The molecule has 1 fully saturated rings. The van der Waals surface area contributed by atoms with Crippen molar-refractivity contribution in [3.63, 3.8) is 0 Å². The smallest absolute Gasteiger partial charge is 0.330 e. The molecule has 2 heterocycles. The number of aromatic amines is 1. The zero-order chi connectivity index (χ0) is 14.0. The fourth-order valence-electron chi connectivity index (χ4n) is 2.12. The molecule has 106 valence electrons. The molecule has 0 aliphatic carbocycles. The highest BCUT2D eigenvalue weighted by Gasteiger charge is 2.34. The van der Waals surface area contributed by atoms with Crippen molar-refractivity contribution < 1.29 is 9.84 Å². The first-order valence-corrected chi connectivity index (χ1v) is 6.54. The SMILES string of the molecule is NC[C@H]1O[C@@H](n2cc(CCCl)c(=O)[nH]c2=O)C[C@@H]1O. The van der Waals surface area contributed by atoms with Crippen molar-refractivity contribution in [3.8, 4) is 0 Å². The minimum atomic E-state index is -0.717. The van der Waals surface area contributed by atoms with Gasteiger partial charge in [0.25, 0.3) is 5.56 Å². The Morgan fingerprint density at radius 3 is 2.89 bits per heavy atom. The van der Waals surface area contributed by atoms with Gasteiger partial charge in [0.05, 0.1) is 12.2 Å². The summed E-state index contributed by atoms with van der Waals surface area (Å²) in [5.41, 5.74) is 4.84. The van der Waals surface area contributed by atoms with Gasteiger partial charge in [-0.05, 0) is 6.42 Å². The highest BCUT2D eigenvalue weighted by atomic mass is 35.5. The normalized spacial score (nSPS) is 26.8. The second kappa shape index (κ2) is 5.87. The van der Waals surface area contributed by atoms with E-state index in [2.05, 4.69) is 4.98 Å². The van der Waals surface area contributed by atoms with Crippen LogP contribution in [0.1, 0.15) is 18.2 Å². The molecule has 2 rings (SSSR count). The summed E-state index contributed by atoms with van der Waals surface area (Å²) in [6, 6.07) is 0. The van der Waals surface area contributed by atoms with Crippen LogP contribution in [0, 0.1) is 0 Å². The number of halogens is 1. The number of hydrogen-bond acceptors (Lipinski definition) is 5. The van der Waals surface area contributed by atoms with E-state index in [1.165, 1.54) is 10.8 Å². The van der Waals surface area contributed by atoms with Gasteiger partial charge in [-0.15, -0.1) is 11.6 Å². The molecule has 1 aromatic heterocycles. The van der Waals surface area contributed by atoms with Crippen LogP contribution in [-0.4, -0.2) is 39.3 Å². The molecule has 4 N–H and O–H groups in total. The molecular formula is C11H16ClN3O4. The van der Waals surface area contributed by atoms with Gasteiger partial charge in [0.2, 0.25) is 0 Å². The van der Waals surface area contributed by atoms with Crippen molar-refractivity contribution in [1.29, 1.82) is 0 Å². The first-order valence-electron chi connectivity index (χ1n) is 6.00. The zero-order valence-electron chi connectivity index (χ0n) is 10.2. The topological polar surface area (TPSA) is 110 Å². The predicted molar refractivity (Wildman–Crippen MR) is 69.3 cm³/mol. The van der Waals surface area contributed by atoms with Gasteiger partial charge in [-0.2, -0.15) is 0 Å². The first-order chi connectivity index (χ1) is 9.06. The van der Waals surface area contributed by atoms with Gasteiger partial charge in [0.15, 0.2) is 0 Å². The number of rotatable bonds is 4. The highest BCUT2D eigenvalue weighted by molar-refractivity contribution is 6.17. The fourth-order valence-corrected chi connectivity index (χ4v) is 2.32. The van der Waals surface area contributed by atoms with Crippen LogP contribution >= 0.6 is 11.6 Å². The molecule has 1 saturated heterocycles. The minimum absolute atomic E-state index is 0.171. The number of nitrogens with one attached hydrogen (secondary N) is 1. The van der Waals surface area contributed by atoms with Crippen LogP contribution in [0.2, 0.25) is 0 Å². The monoisotopic (exact) mass is 289 g/mol. The summed E-state index contributed by atoms with van der Waals surface area (Å²) in [7, 11) is 0. The minimum Gasteiger partial charge on any atom is -0.390 e. The van der Waals surface area contributed by atoms with E-state index in [0.717, 1.165) is 0 Å². The van der Waals surface area contributed by atoms with Crippen molar-refractivity contribution in [1.82, 2.24) is 9.55 Å². The summed E-state index contributed by atoms with van der Waals surface area (Å²) >= 11 is 5.60. The third-order valence-corrected chi connectivity index (χ3v) is 3.34. The van der Waals surface area contributed by atoms with Crippen LogP contribution in [0.15, 0.2) is 15.8 Å². The van der Waals surface area contributed by atoms with E-state index in [1.807, 2.05) is 0 Å². The van der Waals surface area contributed by atoms with Gasteiger partial charge < -0.3 is 15.6 Å². The van der Waals surface area contributed by atoms with Gasteiger partial charge >= 0.3 is 5.69 Å². The summed E-state index contributed by atoms with van der Waals surface area (Å²) < 4.78 is 6.76. The van der Waals surface area contributed by atoms with Crippen LogP contribution in [0.25, 0.3) is 0 Å². The Morgan fingerprint density at radius 2 is 2.32 bits per heavy atom. The maximum atomic E-state index is 11.8. The molecule has 0 radical (unpaired) electrons. The summed E-state index contributed by atoms with van der Waals surface area (Å²) in [5, 5.41) is 9.73. The maximum absolute atomic E-state index is 11.8. The molecule has 1 aliphatic rings. The molecule has 1 aliphatic heterocycles. The lowest BCUT2D eigenvalue weighted by molar-refractivity contribution is -0.0152. The lowest BCUT2D eigenvalue weighted by atomic mass is 10.2. The molecule has 0 aromatic carbocycles. The summed E-state index contributed by atoms with van der Waals surface area (Å²) in [6.45, 7) is 0.171. The van der Waals surface area contributed by atoms with Gasteiger partial charge in [-0.1, -0.05) is 0 Å². The molecule has 19 heavy (non-hydrogen) atoms. The zero-order valence-corrected chi connectivity index (χ0v) is 11.0. The molecule has 0 spiro atoms. The van der Waals surface area contributed by atoms with Gasteiger partial charge in [0.1, 0.15) is 6.23 Å². The largest absolute Gasteiger partial charge is 0.390 e. The standard InChI is InChI=1S/C11H16ClN3O4/c12-2-1-6-5-15(11(18)14-10(6)17)9-3-7(16)8(4-13)19-9/h5,7-9,16H,1-4,13H2,(H,14,17,18)/t7-,8+,9+/m0/s1. The second-order valence-corrected chi connectivity index (χ2v) is 4.81. The number of aliphatic hydroxyl groups is 1. The lowest BCUT2D eigenvalue weighted by Crippen LogP contribution is -2.34. The van der Waals surface area contributed by atoms with E-state index < -0.39 is 29.7 Å². The predicted octanol–water partition coefficient (Wildman–Crippen LogP) is -1.07. The average Bonchev–Trinajstić information content (AvgIpc) is 2.74. The van der Waals surface area contributed by atoms with Gasteiger partial charge in [-0.3, -0.25) is 14.3 Å². The van der Waals surface area contributed by atoms with Crippen LogP contribution in [0.3, 0.4) is 0 Å². The number of alkyl halides is 1. The number of nitrogens with two attached hydrogens (primary N) is 1. The van der Waals surface area contributed by atoms with Gasteiger partial charge in [0, 0.05) is 30.6 Å². The van der Waals surface area contributed by atoms with Crippen LogP contribution in [0.4, 0.5) is 0 Å². The average molecular weight is 290 g/mol. The van der Waals surface area contributed by atoms with E-state index in [-0.39, 0.29) is 18.8 Å². The Hall–Kier alpha value is -1.15. The van der Waals surface area contributed by atoms with Crippen LogP contribution in [-0.2, 0) is 11.2 Å². The number of aliphatic hydroxyl groups excluding tert-OH is 1.